The molecule has 2 amide bonds. The predicted molar refractivity (Wildman–Crippen MR) is 115 cm³/mol. The molecular weight excluding hydrogens is 404 g/mol. The van der Waals surface area contributed by atoms with Crippen molar-refractivity contribution in [2.75, 3.05) is 43.5 Å². The molecule has 4 rings (SSSR count). The third-order valence-electron chi connectivity index (χ3n) is 4.64. The minimum absolute atomic E-state index is 0.0759. The molecule has 0 spiro atoms. The molecule has 0 bridgehead atoms. The number of carbonyl (C=O) groups is 2. The molecule has 156 valence electrons. The van der Waals surface area contributed by atoms with Crippen molar-refractivity contribution in [3.63, 3.8) is 0 Å². The van der Waals surface area contributed by atoms with Crippen LogP contribution in [0.5, 0.6) is 0 Å². The van der Waals surface area contributed by atoms with Gasteiger partial charge in [-0.25, -0.2) is 4.98 Å². The van der Waals surface area contributed by atoms with Crippen molar-refractivity contribution in [3.8, 4) is 10.8 Å². The number of aromatic nitrogens is 1. The van der Waals surface area contributed by atoms with E-state index in [4.69, 9.17) is 9.15 Å². The van der Waals surface area contributed by atoms with Crippen LogP contribution >= 0.6 is 11.3 Å². The van der Waals surface area contributed by atoms with Crippen LogP contribution in [-0.2, 0) is 9.53 Å². The second-order valence-electron chi connectivity index (χ2n) is 6.87. The number of oxazole rings is 1. The lowest BCUT2D eigenvalue weighted by atomic mass is 10.2. The van der Waals surface area contributed by atoms with Crippen LogP contribution in [0.1, 0.15) is 16.2 Å². The van der Waals surface area contributed by atoms with E-state index >= 15 is 0 Å². The van der Waals surface area contributed by atoms with Gasteiger partial charge in [0.1, 0.15) is 5.76 Å². The molecule has 0 aliphatic carbocycles. The van der Waals surface area contributed by atoms with Crippen LogP contribution in [0.3, 0.4) is 0 Å². The highest BCUT2D eigenvalue weighted by Crippen LogP contribution is 2.26. The van der Waals surface area contributed by atoms with Gasteiger partial charge in [0.2, 0.25) is 11.8 Å². The van der Waals surface area contributed by atoms with E-state index in [0.717, 1.165) is 18.0 Å². The Morgan fingerprint density at radius 3 is 2.47 bits per heavy atom. The van der Waals surface area contributed by atoms with Gasteiger partial charge in [-0.05, 0) is 42.6 Å². The number of carbonyl (C=O) groups excluding carboxylic acids is 2. The van der Waals surface area contributed by atoms with Gasteiger partial charge in [0.15, 0.2) is 5.69 Å². The summed E-state index contributed by atoms with van der Waals surface area (Å²) >= 11 is 1.50. The number of rotatable bonds is 6. The van der Waals surface area contributed by atoms with E-state index in [-0.39, 0.29) is 17.5 Å². The number of hydrogen-bond donors (Lipinski definition) is 2. The topological polar surface area (TPSA) is 96.7 Å². The predicted octanol–water partition coefficient (Wildman–Crippen LogP) is 3.23. The van der Waals surface area contributed by atoms with Gasteiger partial charge < -0.3 is 19.8 Å². The number of morpholine rings is 1. The summed E-state index contributed by atoms with van der Waals surface area (Å²) in [5.41, 5.74) is 1.52. The first kappa shape index (κ1) is 20.3. The van der Waals surface area contributed by atoms with Gasteiger partial charge in [-0.15, -0.1) is 11.3 Å². The molecular formula is C21H22N4O4S. The van der Waals surface area contributed by atoms with E-state index in [0.29, 0.717) is 42.8 Å². The molecule has 0 atom stereocenters. The van der Waals surface area contributed by atoms with Crippen molar-refractivity contribution in [1.29, 1.82) is 0 Å². The van der Waals surface area contributed by atoms with Crippen LogP contribution in [0.25, 0.3) is 10.8 Å². The van der Waals surface area contributed by atoms with Crippen molar-refractivity contribution in [2.24, 2.45) is 0 Å². The van der Waals surface area contributed by atoms with E-state index in [2.05, 4.69) is 20.5 Å². The third kappa shape index (κ3) is 4.93. The Hall–Kier alpha value is -3.01. The Morgan fingerprint density at radius 2 is 1.80 bits per heavy atom. The fraction of sp³-hybridized carbons (Fsp3) is 0.286. The highest BCUT2D eigenvalue weighted by atomic mass is 32.1. The molecule has 1 aliphatic heterocycles. The standard InChI is InChI=1S/C21H22N4O4S/c1-14-19(24-21(29-14)17-3-2-12-30-17)20(27)23-16-6-4-15(5-7-16)22-18(26)13-25-8-10-28-11-9-25/h2-7,12H,8-11,13H2,1H3,(H,22,26)(H,23,27). The lowest BCUT2D eigenvalue weighted by molar-refractivity contribution is -0.118. The molecule has 2 N–H and O–H groups in total. The van der Waals surface area contributed by atoms with E-state index in [1.54, 1.807) is 31.2 Å². The van der Waals surface area contributed by atoms with Crippen LogP contribution in [0.2, 0.25) is 0 Å². The van der Waals surface area contributed by atoms with Crippen LogP contribution in [-0.4, -0.2) is 54.5 Å². The van der Waals surface area contributed by atoms with Gasteiger partial charge in [0.05, 0.1) is 24.6 Å². The van der Waals surface area contributed by atoms with Crippen LogP contribution < -0.4 is 10.6 Å². The number of aryl methyl sites for hydroxylation is 1. The largest absolute Gasteiger partial charge is 0.440 e. The lowest BCUT2D eigenvalue weighted by Gasteiger charge is -2.25. The molecule has 3 heterocycles. The number of ether oxygens (including phenoxy) is 1. The summed E-state index contributed by atoms with van der Waals surface area (Å²) in [6, 6.07) is 10.8. The molecule has 1 aromatic carbocycles. The van der Waals surface area contributed by atoms with Gasteiger partial charge in [-0.1, -0.05) is 6.07 Å². The van der Waals surface area contributed by atoms with Gasteiger partial charge in [0, 0.05) is 24.5 Å². The summed E-state index contributed by atoms with van der Waals surface area (Å²) in [4.78, 5) is 32.0. The molecule has 0 saturated carbocycles. The zero-order valence-electron chi connectivity index (χ0n) is 16.5. The summed E-state index contributed by atoms with van der Waals surface area (Å²) in [6.07, 6.45) is 0. The first-order chi connectivity index (χ1) is 14.6. The summed E-state index contributed by atoms with van der Waals surface area (Å²) in [5, 5.41) is 7.61. The van der Waals surface area contributed by atoms with E-state index in [1.165, 1.54) is 11.3 Å². The number of nitrogens with one attached hydrogen (secondary N) is 2. The molecule has 9 heteroatoms. The number of nitrogens with zero attached hydrogens (tertiary/aromatic N) is 2. The molecule has 0 radical (unpaired) electrons. The van der Waals surface area contributed by atoms with Crippen LogP contribution in [0.4, 0.5) is 11.4 Å². The zero-order valence-corrected chi connectivity index (χ0v) is 17.3. The second kappa shape index (κ2) is 9.21. The molecule has 1 saturated heterocycles. The van der Waals surface area contributed by atoms with E-state index < -0.39 is 0 Å². The Balaban J connectivity index is 1.34. The van der Waals surface area contributed by atoms with Crippen molar-refractivity contribution in [3.05, 3.63) is 53.2 Å². The monoisotopic (exact) mass is 426 g/mol. The molecule has 1 aliphatic rings. The lowest BCUT2D eigenvalue weighted by Crippen LogP contribution is -2.41. The van der Waals surface area contributed by atoms with Gasteiger partial charge in [-0.3, -0.25) is 14.5 Å². The first-order valence-corrected chi connectivity index (χ1v) is 10.5. The summed E-state index contributed by atoms with van der Waals surface area (Å²) in [6.45, 7) is 4.87. The van der Waals surface area contributed by atoms with Gasteiger partial charge in [0.25, 0.3) is 5.91 Å². The molecule has 8 nitrogen and oxygen atoms in total. The van der Waals surface area contributed by atoms with Gasteiger partial charge in [-0.2, -0.15) is 0 Å². The molecule has 0 unspecified atom stereocenters. The highest BCUT2D eigenvalue weighted by Gasteiger charge is 2.19. The molecule has 2 aromatic heterocycles. The minimum atomic E-state index is -0.344. The minimum Gasteiger partial charge on any atom is -0.440 e. The molecule has 3 aromatic rings. The zero-order chi connectivity index (χ0) is 20.9. The Morgan fingerprint density at radius 1 is 1.10 bits per heavy atom. The molecule has 1 fully saturated rings. The van der Waals surface area contributed by atoms with Crippen LogP contribution in [0.15, 0.2) is 46.2 Å². The van der Waals surface area contributed by atoms with E-state index in [1.807, 2.05) is 17.5 Å². The number of anilines is 2. The maximum Gasteiger partial charge on any atom is 0.277 e. The number of benzene rings is 1. The quantitative estimate of drug-likeness (QED) is 0.628. The average Bonchev–Trinajstić information content (AvgIpc) is 3.40. The fourth-order valence-corrected chi connectivity index (χ4v) is 3.75. The maximum atomic E-state index is 12.6. The molecule has 30 heavy (non-hydrogen) atoms. The van der Waals surface area contributed by atoms with Crippen LogP contribution in [0, 0.1) is 6.92 Å². The summed E-state index contributed by atoms with van der Waals surface area (Å²) in [5.74, 6) is 0.477. The summed E-state index contributed by atoms with van der Waals surface area (Å²) < 4.78 is 10.9. The Kier molecular flexibility index (Phi) is 6.22. The maximum absolute atomic E-state index is 12.6. The number of amides is 2. The normalized spacial score (nSPS) is 14.4. The first-order valence-electron chi connectivity index (χ1n) is 9.61. The van der Waals surface area contributed by atoms with Crippen molar-refractivity contribution >= 4 is 34.5 Å². The SMILES string of the molecule is Cc1oc(-c2cccs2)nc1C(=O)Nc1ccc(NC(=O)CN2CCOCC2)cc1. The van der Waals surface area contributed by atoms with Crippen molar-refractivity contribution in [2.45, 2.75) is 6.92 Å². The Bertz CT molecular complexity index is 1010. The fourth-order valence-electron chi connectivity index (χ4n) is 3.10. The highest BCUT2D eigenvalue weighted by molar-refractivity contribution is 7.13. The third-order valence-corrected chi connectivity index (χ3v) is 5.50. The smallest absolute Gasteiger partial charge is 0.277 e. The number of hydrogen-bond acceptors (Lipinski definition) is 7. The number of thiophene rings is 1. The van der Waals surface area contributed by atoms with Gasteiger partial charge >= 0.3 is 0 Å². The second-order valence-corrected chi connectivity index (χ2v) is 7.82. The van der Waals surface area contributed by atoms with E-state index in [9.17, 15) is 9.59 Å². The summed E-state index contributed by atoms with van der Waals surface area (Å²) in [7, 11) is 0. The van der Waals surface area contributed by atoms with Crippen molar-refractivity contribution in [1.82, 2.24) is 9.88 Å². The average molecular weight is 426 g/mol. The Labute approximate surface area is 177 Å². The van der Waals surface area contributed by atoms with Crippen molar-refractivity contribution < 1.29 is 18.7 Å².